The third kappa shape index (κ3) is 4.32. The maximum Gasteiger partial charge on any atom is 0.326 e. The molecule has 2 aromatic carbocycles. The first kappa shape index (κ1) is 16.5. The molecule has 0 spiro atoms. The van der Waals surface area contributed by atoms with Crippen LogP contribution >= 0.6 is 0 Å². The lowest BCUT2D eigenvalue weighted by molar-refractivity contribution is 0.0968. The van der Waals surface area contributed by atoms with Crippen LogP contribution in [-0.4, -0.2) is 11.9 Å². The smallest absolute Gasteiger partial charge is 0.326 e. The van der Waals surface area contributed by atoms with Crippen molar-refractivity contribution in [3.8, 4) is 0 Å². The number of nitrogens with one attached hydrogen (secondary N) is 2. The molecule has 0 aliphatic carbocycles. The minimum absolute atomic E-state index is 0.0432. The van der Waals surface area contributed by atoms with Gasteiger partial charge in [0, 0.05) is 11.4 Å². The molecule has 23 heavy (non-hydrogen) atoms. The number of nitrogen functional groups attached to an aromatic ring is 1. The molecular weight excluding hydrogens is 290 g/mol. The average molecular weight is 311 g/mol. The fraction of sp³-hybridized carbons (Fsp3) is 0.222. The Morgan fingerprint density at radius 1 is 0.957 bits per heavy atom. The number of rotatable bonds is 2. The molecule has 0 bridgehead atoms. The van der Waals surface area contributed by atoms with Gasteiger partial charge >= 0.3 is 6.03 Å². The summed E-state index contributed by atoms with van der Waals surface area (Å²) in [7, 11) is 0. The summed E-state index contributed by atoms with van der Waals surface area (Å²) in [4.78, 5) is 23.9. The van der Waals surface area contributed by atoms with Crippen LogP contribution in [0.3, 0.4) is 0 Å². The summed E-state index contributed by atoms with van der Waals surface area (Å²) in [6.07, 6.45) is 0. The zero-order chi connectivity index (χ0) is 17.0. The third-order valence-corrected chi connectivity index (χ3v) is 3.44. The highest BCUT2D eigenvalue weighted by Gasteiger charge is 2.15. The minimum atomic E-state index is -0.596. The van der Waals surface area contributed by atoms with Gasteiger partial charge in [-0.3, -0.25) is 10.1 Å². The van der Waals surface area contributed by atoms with E-state index in [4.69, 9.17) is 5.73 Å². The lowest BCUT2D eigenvalue weighted by Gasteiger charge is -2.19. The Balaban J connectivity index is 2.00. The molecule has 3 amide bonds. The van der Waals surface area contributed by atoms with Gasteiger partial charge < -0.3 is 11.1 Å². The normalized spacial score (nSPS) is 10.9. The van der Waals surface area contributed by atoms with Crippen molar-refractivity contribution in [2.24, 2.45) is 0 Å². The van der Waals surface area contributed by atoms with Crippen molar-refractivity contribution < 1.29 is 9.59 Å². The van der Waals surface area contributed by atoms with E-state index in [1.54, 1.807) is 24.3 Å². The number of nitrogens with two attached hydrogens (primary N) is 1. The molecule has 2 aromatic rings. The van der Waals surface area contributed by atoms with E-state index >= 15 is 0 Å². The summed E-state index contributed by atoms with van der Waals surface area (Å²) < 4.78 is 0. The number of carbonyl (C=O) groups is 2. The van der Waals surface area contributed by atoms with Crippen LogP contribution in [0.25, 0.3) is 0 Å². The maximum absolute atomic E-state index is 12.0. The van der Waals surface area contributed by atoms with Crippen LogP contribution in [0.2, 0.25) is 0 Å². The van der Waals surface area contributed by atoms with E-state index in [9.17, 15) is 9.59 Å². The van der Waals surface area contributed by atoms with E-state index in [1.807, 2.05) is 24.3 Å². The Morgan fingerprint density at radius 3 is 2.13 bits per heavy atom. The molecule has 5 heteroatoms. The molecule has 0 fully saturated rings. The van der Waals surface area contributed by atoms with Gasteiger partial charge in [0.2, 0.25) is 0 Å². The lowest BCUT2D eigenvalue weighted by atomic mass is 9.87. The first-order chi connectivity index (χ1) is 10.8. The van der Waals surface area contributed by atoms with Crippen LogP contribution in [0.4, 0.5) is 16.2 Å². The summed E-state index contributed by atoms with van der Waals surface area (Å²) in [6.45, 7) is 6.35. The van der Waals surface area contributed by atoms with Gasteiger partial charge in [-0.05, 0) is 35.2 Å². The van der Waals surface area contributed by atoms with Gasteiger partial charge in [0.15, 0.2) is 0 Å². The molecule has 0 heterocycles. The lowest BCUT2D eigenvalue weighted by Crippen LogP contribution is -2.34. The SMILES string of the molecule is CC(C)(C)c1ccc(NC(=O)NC(=O)c2ccccc2N)cc1. The van der Waals surface area contributed by atoms with Gasteiger partial charge in [-0.15, -0.1) is 0 Å². The Hall–Kier alpha value is -2.82. The van der Waals surface area contributed by atoms with Gasteiger partial charge in [0.1, 0.15) is 0 Å². The molecule has 120 valence electrons. The van der Waals surface area contributed by atoms with Crippen molar-refractivity contribution in [1.29, 1.82) is 0 Å². The predicted molar refractivity (Wildman–Crippen MR) is 92.5 cm³/mol. The van der Waals surface area contributed by atoms with Crippen molar-refractivity contribution >= 4 is 23.3 Å². The standard InChI is InChI=1S/C18H21N3O2/c1-18(2,3)12-8-10-13(11-9-12)20-17(23)21-16(22)14-6-4-5-7-15(14)19/h4-11H,19H2,1-3H3,(H2,20,21,22,23). The van der Waals surface area contributed by atoms with E-state index in [0.29, 0.717) is 11.4 Å². The Labute approximate surface area is 135 Å². The zero-order valence-corrected chi connectivity index (χ0v) is 13.5. The number of carbonyl (C=O) groups excluding carboxylic acids is 2. The van der Waals surface area contributed by atoms with E-state index < -0.39 is 11.9 Å². The molecule has 5 nitrogen and oxygen atoms in total. The Kier molecular flexibility index (Phi) is 4.69. The number of anilines is 2. The Bertz CT molecular complexity index is 716. The van der Waals surface area contributed by atoms with Gasteiger partial charge in [-0.25, -0.2) is 4.79 Å². The molecule has 0 aromatic heterocycles. The fourth-order valence-corrected chi connectivity index (χ4v) is 2.09. The number of hydrogen-bond acceptors (Lipinski definition) is 3. The third-order valence-electron chi connectivity index (χ3n) is 3.44. The van der Waals surface area contributed by atoms with Crippen molar-refractivity contribution in [1.82, 2.24) is 5.32 Å². The quantitative estimate of drug-likeness (QED) is 0.742. The van der Waals surface area contributed by atoms with Crippen LogP contribution in [0.5, 0.6) is 0 Å². The summed E-state index contributed by atoms with van der Waals surface area (Å²) in [6, 6.07) is 13.5. The molecule has 0 atom stereocenters. The highest BCUT2D eigenvalue weighted by atomic mass is 16.2. The van der Waals surface area contributed by atoms with Crippen LogP contribution in [-0.2, 0) is 5.41 Å². The molecule has 0 radical (unpaired) electrons. The van der Waals surface area contributed by atoms with Gasteiger partial charge in [0.25, 0.3) is 5.91 Å². The number of imide groups is 1. The number of benzene rings is 2. The Morgan fingerprint density at radius 2 is 1.57 bits per heavy atom. The second-order valence-corrected chi connectivity index (χ2v) is 6.32. The summed E-state index contributed by atoms with van der Waals surface area (Å²) in [5.74, 6) is -0.535. The summed E-state index contributed by atoms with van der Waals surface area (Å²) >= 11 is 0. The van der Waals surface area contributed by atoms with Crippen molar-refractivity contribution in [2.75, 3.05) is 11.1 Å². The largest absolute Gasteiger partial charge is 0.398 e. The van der Waals surface area contributed by atoms with Crippen molar-refractivity contribution in [2.45, 2.75) is 26.2 Å². The van der Waals surface area contributed by atoms with Gasteiger partial charge in [-0.1, -0.05) is 45.0 Å². The molecule has 0 unspecified atom stereocenters. The topological polar surface area (TPSA) is 84.2 Å². The maximum atomic E-state index is 12.0. The second-order valence-electron chi connectivity index (χ2n) is 6.32. The highest BCUT2D eigenvalue weighted by molar-refractivity contribution is 6.10. The first-order valence-electron chi connectivity index (χ1n) is 7.35. The van der Waals surface area contributed by atoms with Crippen molar-refractivity contribution in [3.63, 3.8) is 0 Å². The van der Waals surface area contributed by atoms with E-state index in [0.717, 1.165) is 5.56 Å². The molecule has 2 rings (SSSR count). The number of para-hydroxylation sites is 1. The molecule has 0 saturated carbocycles. The first-order valence-corrected chi connectivity index (χ1v) is 7.35. The molecule has 0 saturated heterocycles. The van der Waals surface area contributed by atoms with Crippen LogP contribution < -0.4 is 16.4 Å². The van der Waals surface area contributed by atoms with Crippen molar-refractivity contribution in [3.05, 3.63) is 59.7 Å². The second kappa shape index (κ2) is 6.52. The predicted octanol–water partition coefficient (Wildman–Crippen LogP) is 3.53. The van der Waals surface area contributed by atoms with Gasteiger partial charge in [-0.2, -0.15) is 0 Å². The van der Waals surface area contributed by atoms with Gasteiger partial charge in [0.05, 0.1) is 5.56 Å². The molecule has 0 aliphatic heterocycles. The summed E-state index contributed by atoms with van der Waals surface area (Å²) in [5.41, 5.74) is 8.13. The number of urea groups is 1. The number of hydrogen-bond donors (Lipinski definition) is 3. The van der Waals surface area contributed by atoms with Crippen LogP contribution in [0, 0.1) is 0 Å². The van der Waals surface area contributed by atoms with E-state index in [-0.39, 0.29) is 11.0 Å². The monoisotopic (exact) mass is 311 g/mol. The molecule has 4 N–H and O–H groups in total. The summed E-state index contributed by atoms with van der Waals surface area (Å²) in [5, 5.41) is 4.89. The highest BCUT2D eigenvalue weighted by Crippen LogP contribution is 2.23. The molecule has 0 aliphatic rings. The van der Waals surface area contributed by atoms with Crippen LogP contribution in [0.15, 0.2) is 48.5 Å². The zero-order valence-electron chi connectivity index (χ0n) is 13.5. The average Bonchev–Trinajstić information content (AvgIpc) is 2.47. The van der Waals surface area contributed by atoms with E-state index in [2.05, 4.69) is 31.4 Å². The number of amides is 3. The molecular formula is C18H21N3O2. The minimum Gasteiger partial charge on any atom is -0.398 e. The van der Waals surface area contributed by atoms with Crippen LogP contribution in [0.1, 0.15) is 36.7 Å². The fourth-order valence-electron chi connectivity index (χ4n) is 2.09. The van der Waals surface area contributed by atoms with E-state index in [1.165, 1.54) is 0 Å².